The largest absolute Gasteiger partial charge is 0.293 e. The molecule has 0 radical (unpaired) electrons. The summed E-state index contributed by atoms with van der Waals surface area (Å²) in [7, 11) is 0. The highest BCUT2D eigenvalue weighted by Gasteiger charge is 2.22. The molecule has 1 unspecified atom stereocenters. The molecular weight excluding hydrogens is 347 g/mol. The Morgan fingerprint density at radius 2 is 1.67 bits per heavy atom. The van der Waals surface area contributed by atoms with Crippen LogP contribution in [0.15, 0.2) is 60.7 Å². The van der Waals surface area contributed by atoms with Gasteiger partial charge in [0, 0.05) is 24.7 Å². The lowest BCUT2D eigenvalue weighted by Crippen LogP contribution is -2.31. The van der Waals surface area contributed by atoms with Gasteiger partial charge in [-0.3, -0.25) is 4.90 Å². The summed E-state index contributed by atoms with van der Waals surface area (Å²) >= 11 is 0. The maximum atomic E-state index is 14.0. The molecule has 1 heterocycles. The summed E-state index contributed by atoms with van der Waals surface area (Å²) in [5.41, 5.74) is 2.12. The molecule has 1 aliphatic heterocycles. The normalized spacial score (nSPS) is 16.4. The number of hydrogen-bond acceptors (Lipinski definition) is 1. The van der Waals surface area contributed by atoms with E-state index in [9.17, 15) is 13.2 Å². The summed E-state index contributed by atoms with van der Waals surface area (Å²) in [6, 6.07) is 17.2. The van der Waals surface area contributed by atoms with Crippen LogP contribution < -0.4 is 0 Å². The predicted molar refractivity (Wildman–Crippen MR) is 103 cm³/mol. The molecule has 3 aromatic carbocycles. The second kappa shape index (κ2) is 7.20. The minimum Gasteiger partial charge on any atom is -0.293 e. The van der Waals surface area contributed by atoms with Crippen LogP contribution in [0.2, 0.25) is 0 Å². The Labute approximate surface area is 156 Å². The lowest BCUT2D eigenvalue weighted by Gasteiger charge is -2.32. The highest BCUT2D eigenvalue weighted by atomic mass is 19.2. The van der Waals surface area contributed by atoms with Gasteiger partial charge < -0.3 is 0 Å². The van der Waals surface area contributed by atoms with Crippen molar-refractivity contribution in [1.82, 2.24) is 4.90 Å². The molecule has 0 aliphatic carbocycles. The SMILES string of the molecule is CC(c1ccc2ccccc2c1)N1CC=C(c2ccc(F)c(F)c2F)CC1. The summed E-state index contributed by atoms with van der Waals surface area (Å²) in [6.07, 6.45) is 2.51. The van der Waals surface area contributed by atoms with Crippen LogP contribution in [0.25, 0.3) is 16.3 Å². The van der Waals surface area contributed by atoms with Gasteiger partial charge in [-0.15, -0.1) is 0 Å². The maximum absolute atomic E-state index is 14.0. The molecule has 138 valence electrons. The van der Waals surface area contributed by atoms with Crippen LogP contribution in [-0.4, -0.2) is 18.0 Å². The Bertz CT molecular complexity index is 1030. The molecule has 27 heavy (non-hydrogen) atoms. The lowest BCUT2D eigenvalue weighted by molar-refractivity contribution is 0.233. The van der Waals surface area contributed by atoms with E-state index in [1.165, 1.54) is 22.4 Å². The van der Waals surface area contributed by atoms with E-state index in [1.54, 1.807) is 0 Å². The zero-order valence-corrected chi connectivity index (χ0v) is 15.1. The molecule has 1 aliphatic rings. The van der Waals surface area contributed by atoms with Crippen LogP contribution in [0.3, 0.4) is 0 Å². The molecule has 0 fully saturated rings. The molecule has 0 N–H and O–H groups in total. The van der Waals surface area contributed by atoms with Crippen molar-refractivity contribution in [3.63, 3.8) is 0 Å². The third-order valence-electron chi connectivity index (χ3n) is 5.43. The quantitative estimate of drug-likeness (QED) is 0.505. The van der Waals surface area contributed by atoms with E-state index in [0.29, 0.717) is 13.0 Å². The van der Waals surface area contributed by atoms with Crippen LogP contribution in [0.5, 0.6) is 0 Å². The van der Waals surface area contributed by atoms with Crippen LogP contribution in [-0.2, 0) is 0 Å². The Morgan fingerprint density at radius 1 is 0.889 bits per heavy atom. The van der Waals surface area contributed by atoms with Gasteiger partial charge in [-0.1, -0.05) is 42.5 Å². The Kier molecular flexibility index (Phi) is 4.75. The van der Waals surface area contributed by atoms with Crippen molar-refractivity contribution in [2.75, 3.05) is 13.1 Å². The second-order valence-electron chi connectivity index (χ2n) is 6.98. The summed E-state index contributed by atoms with van der Waals surface area (Å²) in [5, 5.41) is 2.42. The highest BCUT2D eigenvalue weighted by Crippen LogP contribution is 2.31. The number of benzene rings is 3. The minimum atomic E-state index is -1.40. The molecule has 1 atom stereocenters. The van der Waals surface area contributed by atoms with E-state index < -0.39 is 17.5 Å². The predicted octanol–water partition coefficient (Wildman–Crippen LogP) is 6.11. The van der Waals surface area contributed by atoms with Gasteiger partial charge in [0.1, 0.15) is 0 Å². The Morgan fingerprint density at radius 3 is 2.41 bits per heavy atom. The van der Waals surface area contributed by atoms with Gasteiger partial charge in [-0.05, 0) is 53.5 Å². The fourth-order valence-electron chi connectivity index (χ4n) is 3.73. The maximum Gasteiger partial charge on any atom is 0.195 e. The first-order chi connectivity index (χ1) is 13.0. The number of rotatable bonds is 3. The molecule has 0 amide bonds. The van der Waals surface area contributed by atoms with Crippen LogP contribution in [0.1, 0.15) is 30.5 Å². The average Bonchev–Trinajstić information content (AvgIpc) is 2.71. The molecule has 3 aromatic rings. The van der Waals surface area contributed by atoms with Crippen LogP contribution >= 0.6 is 0 Å². The van der Waals surface area contributed by atoms with E-state index in [-0.39, 0.29) is 11.6 Å². The van der Waals surface area contributed by atoms with Gasteiger partial charge in [0.15, 0.2) is 17.5 Å². The minimum absolute atomic E-state index is 0.159. The van der Waals surface area contributed by atoms with Crippen molar-refractivity contribution in [2.45, 2.75) is 19.4 Å². The average molecular weight is 367 g/mol. The molecule has 4 rings (SSSR count). The van der Waals surface area contributed by atoms with Gasteiger partial charge in [-0.2, -0.15) is 0 Å². The van der Waals surface area contributed by atoms with E-state index >= 15 is 0 Å². The third-order valence-corrected chi connectivity index (χ3v) is 5.43. The Balaban J connectivity index is 1.54. The number of fused-ring (bicyclic) bond motifs is 1. The smallest absolute Gasteiger partial charge is 0.195 e. The first-order valence-corrected chi connectivity index (χ1v) is 9.10. The third kappa shape index (κ3) is 3.37. The molecule has 0 aromatic heterocycles. The number of nitrogens with zero attached hydrogens (tertiary/aromatic N) is 1. The zero-order valence-electron chi connectivity index (χ0n) is 15.1. The van der Waals surface area contributed by atoms with Crippen molar-refractivity contribution < 1.29 is 13.2 Å². The van der Waals surface area contributed by atoms with Crippen molar-refractivity contribution in [3.05, 3.63) is 89.3 Å². The fourth-order valence-corrected chi connectivity index (χ4v) is 3.73. The summed E-state index contributed by atoms with van der Waals surface area (Å²) in [5.74, 6) is -3.66. The van der Waals surface area contributed by atoms with Crippen LogP contribution in [0.4, 0.5) is 13.2 Å². The summed E-state index contributed by atoms with van der Waals surface area (Å²) < 4.78 is 40.7. The van der Waals surface area contributed by atoms with Crippen LogP contribution in [0, 0.1) is 17.5 Å². The van der Waals surface area contributed by atoms with Gasteiger partial charge >= 0.3 is 0 Å². The number of hydrogen-bond donors (Lipinski definition) is 0. The molecular formula is C23H20F3N. The van der Waals surface area contributed by atoms with Gasteiger partial charge in [0.05, 0.1) is 0 Å². The molecule has 0 bridgehead atoms. The fraction of sp³-hybridized carbons (Fsp3) is 0.217. The first-order valence-electron chi connectivity index (χ1n) is 9.10. The van der Waals surface area contributed by atoms with Gasteiger partial charge in [-0.25, -0.2) is 13.2 Å². The summed E-state index contributed by atoms with van der Waals surface area (Å²) in [6.45, 7) is 3.53. The Hall–Kier alpha value is -2.59. The zero-order chi connectivity index (χ0) is 19.0. The topological polar surface area (TPSA) is 3.24 Å². The first kappa shape index (κ1) is 17.8. The van der Waals surface area contributed by atoms with E-state index in [4.69, 9.17) is 0 Å². The monoisotopic (exact) mass is 367 g/mol. The standard InChI is InChI=1S/C23H20F3N/c1-15(18-7-6-16-4-2-3-5-19(16)14-18)27-12-10-17(11-13-27)20-8-9-21(24)23(26)22(20)25/h2-10,14-15H,11-13H2,1H3. The van der Waals surface area contributed by atoms with Crippen molar-refractivity contribution >= 4 is 16.3 Å². The summed E-state index contributed by atoms with van der Waals surface area (Å²) in [4.78, 5) is 2.30. The highest BCUT2D eigenvalue weighted by molar-refractivity contribution is 5.83. The van der Waals surface area contributed by atoms with Gasteiger partial charge in [0.25, 0.3) is 0 Å². The van der Waals surface area contributed by atoms with Crippen molar-refractivity contribution in [3.8, 4) is 0 Å². The lowest BCUT2D eigenvalue weighted by atomic mass is 9.96. The van der Waals surface area contributed by atoms with Gasteiger partial charge in [0.2, 0.25) is 0 Å². The molecule has 4 heteroatoms. The molecule has 0 saturated carbocycles. The molecule has 0 spiro atoms. The van der Waals surface area contributed by atoms with Crippen molar-refractivity contribution in [1.29, 1.82) is 0 Å². The van der Waals surface area contributed by atoms with E-state index in [0.717, 1.165) is 18.2 Å². The van der Waals surface area contributed by atoms with Crippen molar-refractivity contribution in [2.24, 2.45) is 0 Å². The second-order valence-corrected chi connectivity index (χ2v) is 6.98. The number of halogens is 3. The van der Waals surface area contributed by atoms with E-state index in [2.05, 4.69) is 42.2 Å². The molecule has 0 saturated heterocycles. The van der Waals surface area contributed by atoms with E-state index in [1.807, 2.05) is 18.2 Å². The molecule has 1 nitrogen and oxygen atoms in total.